The van der Waals surface area contributed by atoms with E-state index in [9.17, 15) is 13.2 Å². The van der Waals surface area contributed by atoms with Crippen LogP contribution in [0.25, 0.3) is 10.9 Å². The van der Waals surface area contributed by atoms with E-state index in [-0.39, 0.29) is 11.4 Å². The van der Waals surface area contributed by atoms with Crippen LogP contribution in [-0.4, -0.2) is 25.9 Å². The van der Waals surface area contributed by atoms with Crippen molar-refractivity contribution in [3.05, 3.63) is 66.4 Å². The van der Waals surface area contributed by atoms with Crippen LogP contribution in [0.15, 0.2) is 65.7 Å². The molecule has 0 aliphatic carbocycles. The van der Waals surface area contributed by atoms with Crippen LogP contribution in [0.1, 0.15) is 5.56 Å². The Morgan fingerprint density at radius 2 is 1.84 bits per heavy atom. The van der Waals surface area contributed by atoms with Gasteiger partial charge in [0.05, 0.1) is 17.0 Å². The summed E-state index contributed by atoms with van der Waals surface area (Å²) in [6, 6.07) is 15.4. The lowest BCUT2D eigenvalue weighted by molar-refractivity contribution is -0.115. The molecule has 2 aromatic carbocycles. The number of carbonyl (C=O) groups is 1. The van der Waals surface area contributed by atoms with E-state index < -0.39 is 15.9 Å². The number of hydrogen-bond acceptors (Lipinski definition) is 4. The summed E-state index contributed by atoms with van der Waals surface area (Å²) in [6.07, 6.45) is 1.69. The molecule has 1 amide bonds. The van der Waals surface area contributed by atoms with Crippen molar-refractivity contribution >= 4 is 32.5 Å². The standard InChI is InChI=1S/C18H17N3O3S/c1-13-4-7-16(8-5-13)25(23,24)20-12-18(22)21-15-6-9-17-14(11-15)3-2-10-19-17/h2-11,20H,12H2,1H3,(H,21,22). The van der Waals surface area contributed by atoms with Gasteiger partial charge in [-0.25, -0.2) is 13.1 Å². The van der Waals surface area contributed by atoms with E-state index >= 15 is 0 Å². The molecule has 0 saturated heterocycles. The van der Waals surface area contributed by atoms with Crippen LogP contribution in [0.4, 0.5) is 5.69 Å². The molecule has 1 aromatic heterocycles. The van der Waals surface area contributed by atoms with E-state index in [2.05, 4.69) is 15.0 Å². The van der Waals surface area contributed by atoms with E-state index in [1.165, 1.54) is 12.1 Å². The van der Waals surface area contributed by atoms with Gasteiger partial charge in [-0.3, -0.25) is 9.78 Å². The molecule has 6 nitrogen and oxygen atoms in total. The molecule has 0 spiro atoms. The molecule has 2 N–H and O–H groups in total. The lowest BCUT2D eigenvalue weighted by atomic mass is 10.2. The van der Waals surface area contributed by atoms with Crippen LogP contribution in [0.3, 0.4) is 0 Å². The van der Waals surface area contributed by atoms with E-state index in [1.807, 2.05) is 19.1 Å². The van der Waals surface area contributed by atoms with Gasteiger partial charge in [-0.05, 0) is 43.3 Å². The first-order valence-electron chi connectivity index (χ1n) is 7.65. The molecule has 0 unspecified atom stereocenters. The molecule has 0 fully saturated rings. The van der Waals surface area contributed by atoms with Gasteiger partial charge in [-0.2, -0.15) is 0 Å². The van der Waals surface area contributed by atoms with Crippen molar-refractivity contribution in [1.82, 2.24) is 9.71 Å². The molecule has 3 aromatic rings. The number of sulfonamides is 1. The maximum atomic E-state index is 12.2. The smallest absolute Gasteiger partial charge is 0.241 e. The summed E-state index contributed by atoms with van der Waals surface area (Å²) in [5.74, 6) is -0.445. The Balaban J connectivity index is 1.64. The number of aryl methyl sites for hydroxylation is 1. The Morgan fingerprint density at radius 3 is 2.60 bits per heavy atom. The number of aromatic nitrogens is 1. The molecule has 25 heavy (non-hydrogen) atoms. The van der Waals surface area contributed by atoms with Gasteiger partial charge in [0.1, 0.15) is 0 Å². The molecule has 0 saturated carbocycles. The van der Waals surface area contributed by atoms with E-state index in [0.29, 0.717) is 5.69 Å². The van der Waals surface area contributed by atoms with Gasteiger partial charge in [0.25, 0.3) is 0 Å². The molecule has 3 rings (SSSR count). The zero-order valence-corrected chi connectivity index (χ0v) is 14.4. The highest BCUT2D eigenvalue weighted by Crippen LogP contribution is 2.17. The van der Waals surface area contributed by atoms with Crippen LogP contribution in [0.5, 0.6) is 0 Å². The number of nitrogens with one attached hydrogen (secondary N) is 2. The molecule has 0 atom stereocenters. The lowest BCUT2D eigenvalue weighted by Gasteiger charge is -2.09. The molecule has 0 aliphatic heterocycles. The maximum Gasteiger partial charge on any atom is 0.241 e. The largest absolute Gasteiger partial charge is 0.325 e. The van der Waals surface area contributed by atoms with Crippen molar-refractivity contribution in [2.45, 2.75) is 11.8 Å². The van der Waals surface area contributed by atoms with Crippen molar-refractivity contribution in [3.63, 3.8) is 0 Å². The fourth-order valence-electron chi connectivity index (χ4n) is 2.32. The number of nitrogens with zero attached hydrogens (tertiary/aromatic N) is 1. The number of benzene rings is 2. The maximum absolute atomic E-state index is 12.2. The van der Waals surface area contributed by atoms with Crippen LogP contribution < -0.4 is 10.0 Å². The molecular formula is C18H17N3O3S. The van der Waals surface area contributed by atoms with Gasteiger partial charge in [0.15, 0.2) is 0 Å². The summed E-state index contributed by atoms with van der Waals surface area (Å²) in [5, 5.41) is 3.56. The molecule has 0 radical (unpaired) electrons. The van der Waals surface area contributed by atoms with Gasteiger partial charge in [0.2, 0.25) is 15.9 Å². The first-order valence-corrected chi connectivity index (χ1v) is 9.13. The van der Waals surface area contributed by atoms with Crippen LogP contribution in [0, 0.1) is 6.92 Å². The minimum absolute atomic E-state index is 0.127. The van der Waals surface area contributed by atoms with Crippen LogP contribution in [-0.2, 0) is 14.8 Å². The number of carbonyl (C=O) groups excluding carboxylic acids is 1. The highest BCUT2D eigenvalue weighted by Gasteiger charge is 2.15. The summed E-state index contributed by atoms with van der Waals surface area (Å²) < 4.78 is 26.7. The molecule has 0 aliphatic rings. The Bertz CT molecular complexity index is 1020. The second-order valence-electron chi connectivity index (χ2n) is 5.60. The third-order valence-corrected chi connectivity index (χ3v) is 5.06. The van der Waals surface area contributed by atoms with Crippen molar-refractivity contribution in [3.8, 4) is 0 Å². The van der Waals surface area contributed by atoms with E-state index in [1.54, 1.807) is 36.5 Å². The SMILES string of the molecule is Cc1ccc(S(=O)(=O)NCC(=O)Nc2ccc3ncccc3c2)cc1. The predicted molar refractivity (Wildman–Crippen MR) is 96.7 cm³/mol. The number of anilines is 1. The third kappa shape index (κ3) is 4.20. The third-order valence-electron chi connectivity index (χ3n) is 3.64. The zero-order valence-electron chi connectivity index (χ0n) is 13.6. The quantitative estimate of drug-likeness (QED) is 0.736. The number of pyridine rings is 1. The summed E-state index contributed by atoms with van der Waals surface area (Å²) in [4.78, 5) is 16.4. The second-order valence-corrected chi connectivity index (χ2v) is 7.36. The van der Waals surface area contributed by atoms with Gasteiger partial charge in [-0.1, -0.05) is 23.8 Å². The molecule has 1 heterocycles. The first kappa shape index (κ1) is 17.1. The zero-order chi connectivity index (χ0) is 17.9. The first-order chi connectivity index (χ1) is 11.9. The van der Waals surface area contributed by atoms with Crippen LogP contribution in [0.2, 0.25) is 0 Å². The number of rotatable bonds is 5. The van der Waals surface area contributed by atoms with E-state index in [4.69, 9.17) is 0 Å². The Kier molecular flexibility index (Phi) is 4.78. The highest BCUT2D eigenvalue weighted by molar-refractivity contribution is 7.89. The predicted octanol–water partition coefficient (Wildman–Crippen LogP) is 2.46. The van der Waals surface area contributed by atoms with Gasteiger partial charge in [0, 0.05) is 17.3 Å². The van der Waals surface area contributed by atoms with Crippen LogP contribution >= 0.6 is 0 Å². The van der Waals surface area contributed by atoms with E-state index in [0.717, 1.165) is 16.5 Å². The van der Waals surface area contributed by atoms with Crippen molar-refractivity contribution in [1.29, 1.82) is 0 Å². The van der Waals surface area contributed by atoms with Gasteiger partial charge >= 0.3 is 0 Å². The Labute approximate surface area is 146 Å². The van der Waals surface area contributed by atoms with Crippen molar-refractivity contribution in [2.24, 2.45) is 0 Å². The Hall–Kier alpha value is -2.77. The fraction of sp³-hybridized carbons (Fsp3) is 0.111. The summed E-state index contributed by atoms with van der Waals surface area (Å²) in [7, 11) is -3.72. The summed E-state index contributed by atoms with van der Waals surface area (Å²) in [5.41, 5.74) is 2.36. The monoisotopic (exact) mass is 355 g/mol. The average Bonchev–Trinajstić information content (AvgIpc) is 2.60. The lowest BCUT2D eigenvalue weighted by Crippen LogP contribution is -2.32. The topological polar surface area (TPSA) is 88.2 Å². The molecular weight excluding hydrogens is 338 g/mol. The molecule has 128 valence electrons. The molecule has 0 bridgehead atoms. The van der Waals surface area contributed by atoms with Crippen molar-refractivity contribution in [2.75, 3.05) is 11.9 Å². The summed E-state index contributed by atoms with van der Waals surface area (Å²) in [6.45, 7) is 1.53. The summed E-state index contributed by atoms with van der Waals surface area (Å²) >= 11 is 0. The van der Waals surface area contributed by atoms with Gasteiger partial charge in [-0.15, -0.1) is 0 Å². The van der Waals surface area contributed by atoms with Crippen molar-refractivity contribution < 1.29 is 13.2 Å². The Morgan fingerprint density at radius 1 is 1.08 bits per heavy atom. The number of hydrogen-bond donors (Lipinski definition) is 2. The molecule has 7 heteroatoms. The second kappa shape index (κ2) is 7.00. The average molecular weight is 355 g/mol. The minimum Gasteiger partial charge on any atom is -0.325 e. The fourth-order valence-corrected chi connectivity index (χ4v) is 3.30. The minimum atomic E-state index is -3.72. The number of amides is 1. The van der Waals surface area contributed by atoms with Gasteiger partial charge < -0.3 is 5.32 Å². The normalized spacial score (nSPS) is 11.4. The number of fused-ring (bicyclic) bond motifs is 1. The highest BCUT2D eigenvalue weighted by atomic mass is 32.2.